The zero-order chi connectivity index (χ0) is 14.8. The van der Waals surface area contributed by atoms with E-state index in [0.29, 0.717) is 0 Å². The minimum atomic E-state index is -2.23. The molecule has 0 unspecified atom stereocenters. The van der Waals surface area contributed by atoms with Crippen molar-refractivity contribution in [3.8, 4) is 0 Å². The molecule has 0 radical (unpaired) electrons. The van der Waals surface area contributed by atoms with Gasteiger partial charge in [-0.25, -0.2) is 8.78 Å². The van der Waals surface area contributed by atoms with Gasteiger partial charge in [0.2, 0.25) is 0 Å². The Kier molecular flexibility index (Phi) is 4.79. The standard InChI is InChI=1S/C17H25F2N/c1-4-17(2,3)15-6-5-13-7-9-20(12-16(18)19)10-8-14(13)11-15/h5-6,11,16H,4,7-10,12H2,1-3H3. The van der Waals surface area contributed by atoms with Crippen LogP contribution in [-0.4, -0.2) is 31.0 Å². The summed E-state index contributed by atoms with van der Waals surface area (Å²) in [5.74, 6) is 0. The molecule has 1 nitrogen and oxygen atoms in total. The first-order chi connectivity index (χ1) is 9.42. The predicted molar refractivity (Wildman–Crippen MR) is 79.6 cm³/mol. The summed E-state index contributed by atoms with van der Waals surface area (Å²) in [6, 6.07) is 6.71. The molecule has 0 amide bonds. The Morgan fingerprint density at radius 3 is 2.40 bits per heavy atom. The molecule has 0 fully saturated rings. The lowest BCUT2D eigenvalue weighted by molar-refractivity contribution is 0.0904. The van der Waals surface area contributed by atoms with E-state index in [0.717, 1.165) is 32.4 Å². The Bertz CT molecular complexity index is 454. The van der Waals surface area contributed by atoms with Crippen LogP contribution < -0.4 is 0 Å². The van der Waals surface area contributed by atoms with Crippen LogP contribution in [0.4, 0.5) is 8.78 Å². The lowest BCUT2D eigenvalue weighted by Gasteiger charge is -2.24. The van der Waals surface area contributed by atoms with Crippen molar-refractivity contribution >= 4 is 0 Å². The molecule has 0 saturated carbocycles. The average molecular weight is 281 g/mol. The van der Waals surface area contributed by atoms with Crippen LogP contribution in [0.5, 0.6) is 0 Å². The summed E-state index contributed by atoms with van der Waals surface area (Å²) < 4.78 is 25.0. The van der Waals surface area contributed by atoms with Gasteiger partial charge in [-0.1, -0.05) is 39.0 Å². The molecule has 20 heavy (non-hydrogen) atoms. The van der Waals surface area contributed by atoms with E-state index >= 15 is 0 Å². The molecule has 1 aromatic carbocycles. The second-order valence-electron chi connectivity index (χ2n) is 6.41. The van der Waals surface area contributed by atoms with Crippen molar-refractivity contribution in [2.24, 2.45) is 0 Å². The molecule has 0 N–H and O–H groups in total. The zero-order valence-electron chi connectivity index (χ0n) is 12.8. The molecule has 0 atom stereocenters. The SMILES string of the molecule is CCC(C)(C)c1ccc2c(c1)CCN(CC(F)F)CC2. The van der Waals surface area contributed by atoms with Crippen molar-refractivity contribution in [1.29, 1.82) is 0 Å². The Morgan fingerprint density at radius 1 is 1.15 bits per heavy atom. The number of fused-ring (bicyclic) bond motifs is 1. The van der Waals surface area contributed by atoms with Gasteiger partial charge in [-0.2, -0.15) is 0 Å². The second-order valence-corrected chi connectivity index (χ2v) is 6.41. The van der Waals surface area contributed by atoms with Gasteiger partial charge in [0, 0.05) is 13.1 Å². The Morgan fingerprint density at radius 2 is 1.80 bits per heavy atom. The van der Waals surface area contributed by atoms with Gasteiger partial charge in [0.15, 0.2) is 0 Å². The van der Waals surface area contributed by atoms with Crippen molar-refractivity contribution in [2.45, 2.75) is 51.9 Å². The Labute approximate surface area is 121 Å². The lowest BCUT2D eigenvalue weighted by atomic mass is 9.80. The maximum atomic E-state index is 12.5. The molecule has 0 bridgehead atoms. The molecule has 0 saturated heterocycles. The molecular formula is C17H25F2N. The number of hydrogen-bond acceptors (Lipinski definition) is 1. The average Bonchev–Trinajstić information content (AvgIpc) is 2.60. The highest BCUT2D eigenvalue weighted by molar-refractivity contribution is 5.36. The number of halogens is 2. The van der Waals surface area contributed by atoms with Crippen LogP contribution in [0.25, 0.3) is 0 Å². The largest absolute Gasteiger partial charge is 0.297 e. The third kappa shape index (κ3) is 3.57. The molecule has 1 aliphatic heterocycles. The van der Waals surface area contributed by atoms with Crippen molar-refractivity contribution < 1.29 is 8.78 Å². The molecule has 112 valence electrons. The van der Waals surface area contributed by atoms with Crippen molar-refractivity contribution in [1.82, 2.24) is 4.90 Å². The van der Waals surface area contributed by atoms with E-state index in [2.05, 4.69) is 39.0 Å². The molecular weight excluding hydrogens is 256 g/mol. The quantitative estimate of drug-likeness (QED) is 0.805. The number of hydrogen-bond donors (Lipinski definition) is 0. The zero-order valence-corrected chi connectivity index (χ0v) is 12.8. The van der Waals surface area contributed by atoms with E-state index in [1.165, 1.54) is 16.7 Å². The summed E-state index contributed by atoms with van der Waals surface area (Å²) >= 11 is 0. The monoisotopic (exact) mass is 281 g/mol. The van der Waals surface area contributed by atoms with Crippen LogP contribution in [-0.2, 0) is 18.3 Å². The lowest BCUT2D eigenvalue weighted by Crippen LogP contribution is -2.31. The molecule has 1 aliphatic rings. The summed E-state index contributed by atoms with van der Waals surface area (Å²) in [5.41, 5.74) is 4.23. The highest BCUT2D eigenvalue weighted by atomic mass is 19.3. The van der Waals surface area contributed by atoms with E-state index in [4.69, 9.17) is 0 Å². The summed E-state index contributed by atoms with van der Waals surface area (Å²) in [4.78, 5) is 1.88. The molecule has 2 rings (SSSR count). The number of rotatable bonds is 4. The Balaban J connectivity index is 2.15. The van der Waals surface area contributed by atoms with E-state index in [1.807, 2.05) is 4.90 Å². The summed E-state index contributed by atoms with van der Waals surface area (Å²) in [6.45, 7) is 8.11. The van der Waals surface area contributed by atoms with Crippen molar-refractivity contribution in [3.05, 3.63) is 34.9 Å². The number of benzene rings is 1. The van der Waals surface area contributed by atoms with Crippen LogP contribution in [0.1, 0.15) is 43.9 Å². The topological polar surface area (TPSA) is 3.24 Å². The normalized spacial score (nSPS) is 17.1. The summed E-state index contributed by atoms with van der Waals surface area (Å²) in [5, 5.41) is 0. The fraction of sp³-hybridized carbons (Fsp3) is 0.647. The van der Waals surface area contributed by atoms with Gasteiger partial charge in [-0.15, -0.1) is 0 Å². The van der Waals surface area contributed by atoms with E-state index in [-0.39, 0.29) is 12.0 Å². The van der Waals surface area contributed by atoms with Gasteiger partial charge in [0.05, 0.1) is 6.54 Å². The molecule has 0 spiro atoms. The fourth-order valence-corrected chi connectivity index (χ4v) is 2.77. The third-order valence-electron chi connectivity index (χ3n) is 4.66. The first-order valence-electron chi connectivity index (χ1n) is 7.55. The first kappa shape index (κ1) is 15.4. The molecule has 0 aliphatic carbocycles. The smallest absolute Gasteiger partial charge is 0.251 e. The third-order valence-corrected chi connectivity index (χ3v) is 4.66. The van der Waals surface area contributed by atoms with Gasteiger partial charge in [-0.3, -0.25) is 4.90 Å². The van der Waals surface area contributed by atoms with E-state index in [1.54, 1.807) is 0 Å². The molecule has 3 heteroatoms. The maximum Gasteiger partial charge on any atom is 0.251 e. The van der Waals surface area contributed by atoms with Gasteiger partial charge >= 0.3 is 0 Å². The van der Waals surface area contributed by atoms with E-state index < -0.39 is 6.43 Å². The molecule has 1 aromatic rings. The minimum Gasteiger partial charge on any atom is -0.297 e. The van der Waals surface area contributed by atoms with Crippen LogP contribution >= 0.6 is 0 Å². The van der Waals surface area contributed by atoms with Crippen LogP contribution in [0.3, 0.4) is 0 Å². The summed E-state index contributed by atoms with van der Waals surface area (Å²) in [6.07, 6.45) is 0.638. The van der Waals surface area contributed by atoms with Crippen LogP contribution in [0.15, 0.2) is 18.2 Å². The minimum absolute atomic E-state index is 0.0959. The maximum absolute atomic E-state index is 12.5. The number of alkyl halides is 2. The van der Waals surface area contributed by atoms with Gasteiger partial charge in [0.25, 0.3) is 6.43 Å². The summed E-state index contributed by atoms with van der Waals surface area (Å²) in [7, 11) is 0. The first-order valence-corrected chi connectivity index (χ1v) is 7.55. The van der Waals surface area contributed by atoms with Crippen LogP contribution in [0, 0.1) is 0 Å². The van der Waals surface area contributed by atoms with Crippen LogP contribution in [0.2, 0.25) is 0 Å². The second kappa shape index (κ2) is 6.21. The van der Waals surface area contributed by atoms with Gasteiger partial charge in [-0.05, 0) is 41.4 Å². The predicted octanol–water partition coefficient (Wildman–Crippen LogP) is 4.04. The van der Waals surface area contributed by atoms with Gasteiger partial charge < -0.3 is 0 Å². The van der Waals surface area contributed by atoms with Crippen molar-refractivity contribution in [2.75, 3.05) is 19.6 Å². The van der Waals surface area contributed by atoms with Gasteiger partial charge in [0.1, 0.15) is 0 Å². The molecule has 0 aromatic heterocycles. The van der Waals surface area contributed by atoms with Crippen molar-refractivity contribution in [3.63, 3.8) is 0 Å². The highest BCUT2D eigenvalue weighted by Gasteiger charge is 2.21. The number of nitrogens with zero attached hydrogens (tertiary/aromatic N) is 1. The highest BCUT2D eigenvalue weighted by Crippen LogP contribution is 2.29. The molecule has 1 heterocycles. The van der Waals surface area contributed by atoms with E-state index in [9.17, 15) is 8.78 Å². The Hall–Kier alpha value is -0.960. The fourth-order valence-electron chi connectivity index (χ4n) is 2.77.